The molecule has 2 heterocycles. The number of amides is 1. The van der Waals surface area contributed by atoms with Gasteiger partial charge in [-0.2, -0.15) is 10.2 Å². The number of benzene rings is 2. The Morgan fingerprint density at radius 3 is 2.59 bits per heavy atom. The first-order chi connectivity index (χ1) is 16.3. The van der Waals surface area contributed by atoms with Crippen LogP contribution in [-0.2, 0) is 10.0 Å². The summed E-state index contributed by atoms with van der Waals surface area (Å²) >= 11 is 1.46. The Balaban J connectivity index is 1.60. The summed E-state index contributed by atoms with van der Waals surface area (Å²) in [6.45, 7) is 0. The topological polar surface area (TPSA) is 149 Å². The zero-order valence-electron chi connectivity index (χ0n) is 17.7. The van der Waals surface area contributed by atoms with E-state index in [4.69, 9.17) is 9.88 Å². The van der Waals surface area contributed by atoms with Gasteiger partial charge in [0.05, 0.1) is 34.5 Å². The van der Waals surface area contributed by atoms with E-state index in [1.165, 1.54) is 42.9 Å². The van der Waals surface area contributed by atoms with Crippen LogP contribution in [0.25, 0.3) is 16.3 Å². The molecule has 1 amide bonds. The number of rotatable bonds is 7. The third-order valence-electron chi connectivity index (χ3n) is 4.71. The molecule has 0 aliphatic carbocycles. The normalized spacial score (nSPS) is 11.6. The van der Waals surface area contributed by atoms with Gasteiger partial charge in [0, 0.05) is 0 Å². The maximum atomic E-state index is 12.7. The third kappa shape index (κ3) is 4.98. The van der Waals surface area contributed by atoms with E-state index in [1.807, 2.05) is 17.5 Å². The van der Waals surface area contributed by atoms with Crippen LogP contribution in [-0.4, -0.2) is 42.5 Å². The van der Waals surface area contributed by atoms with Crippen molar-refractivity contribution in [2.24, 2.45) is 10.2 Å². The van der Waals surface area contributed by atoms with E-state index in [0.717, 1.165) is 4.88 Å². The molecular weight excluding hydrogens is 478 g/mol. The molecule has 4 rings (SSSR count). The predicted molar refractivity (Wildman–Crippen MR) is 128 cm³/mol. The van der Waals surface area contributed by atoms with Gasteiger partial charge in [0.1, 0.15) is 0 Å². The molecule has 0 atom stereocenters. The summed E-state index contributed by atoms with van der Waals surface area (Å²) in [4.78, 5) is 13.5. The highest BCUT2D eigenvalue weighted by atomic mass is 32.2. The lowest BCUT2D eigenvalue weighted by Gasteiger charge is -2.07. The number of ether oxygens (including phenoxy) is 1. The number of methoxy groups -OCH3 is 1. The van der Waals surface area contributed by atoms with Crippen molar-refractivity contribution in [3.63, 3.8) is 0 Å². The standard InChI is InChI=1S/C22H19N5O5S2/c1-32-20-9-4-14(11-19(20)28)13-24-25-22(29)17-12-18(21-3-2-10-33-21)27(26-17)15-5-7-16(8-6-15)34(23,30)31/h2-13,28H,1H3,(H,25,29)(H2,23,30,31)/b24-13-. The molecule has 2 aromatic carbocycles. The highest BCUT2D eigenvalue weighted by molar-refractivity contribution is 7.89. The monoisotopic (exact) mass is 497 g/mol. The Kier molecular flexibility index (Phi) is 6.45. The van der Waals surface area contributed by atoms with E-state index in [-0.39, 0.29) is 16.3 Å². The molecule has 0 fully saturated rings. The lowest BCUT2D eigenvalue weighted by molar-refractivity contribution is 0.0949. The first-order valence-corrected chi connectivity index (χ1v) is 12.2. The molecule has 174 valence electrons. The number of hydrogen-bond acceptors (Lipinski definition) is 8. The number of thiophene rings is 1. The minimum absolute atomic E-state index is 0.0297. The number of nitrogens with zero attached hydrogens (tertiary/aromatic N) is 3. The van der Waals surface area contributed by atoms with Gasteiger partial charge in [-0.25, -0.2) is 23.7 Å². The van der Waals surface area contributed by atoms with Crippen molar-refractivity contribution in [1.82, 2.24) is 15.2 Å². The molecular formula is C22H19N5O5S2. The second-order valence-corrected chi connectivity index (χ2v) is 9.48. The summed E-state index contributed by atoms with van der Waals surface area (Å²) in [5, 5.41) is 25.2. The van der Waals surface area contributed by atoms with Crippen LogP contribution in [0.5, 0.6) is 11.5 Å². The van der Waals surface area contributed by atoms with Crippen molar-refractivity contribution in [1.29, 1.82) is 0 Å². The van der Waals surface area contributed by atoms with Gasteiger partial charge < -0.3 is 9.84 Å². The maximum absolute atomic E-state index is 12.7. The predicted octanol–water partition coefficient (Wildman–Crippen LogP) is 2.73. The Labute approximate surface area is 199 Å². The first-order valence-electron chi connectivity index (χ1n) is 9.74. The number of aromatic nitrogens is 2. The fraction of sp³-hybridized carbons (Fsp3) is 0.0455. The lowest BCUT2D eigenvalue weighted by Crippen LogP contribution is -2.18. The quantitative estimate of drug-likeness (QED) is 0.264. The van der Waals surface area contributed by atoms with Crippen LogP contribution in [0.1, 0.15) is 16.1 Å². The fourth-order valence-corrected chi connectivity index (χ4v) is 4.32. The summed E-state index contributed by atoms with van der Waals surface area (Å²) in [6.07, 6.45) is 1.38. The van der Waals surface area contributed by atoms with E-state index in [9.17, 15) is 18.3 Å². The second kappa shape index (κ2) is 9.47. The van der Waals surface area contributed by atoms with E-state index in [2.05, 4.69) is 15.6 Å². The van der Waals surface area contributed by atoms with Crippen molar-refractivity contribution < 1.29 is 23.1 Å². The van der Waals surface area contributed by atoms with Crippen molar-refractivity contribution >= 4 is 33.5 Å². The number of hydrogen-bond donors (Lipinski definition) is 3. The van der Waals surface area contributed by atoms with Crippen molar-refractivity contribution in [2.45, 2.75) is 4.90 Å². The van der Waals surface area contributed by atoms with Crippen molar-refractivity contribution in [3.05, 3.63) is 77.3 Å². The maximum Gasteiger partial charge on any atom is 0.291 e. The van der Waals surface area contributed by atoms with Crippen molar-refractivity contribution in [3.8, 4) is 27.8 Å². The number of nitrogens with one attached hydrogen (secondary N) is 1. The zero-order valence-corrected chi connectivity index (χ0v) is 19.4. The molecule has 2 aromatic heterocycles. The van der Waals surface area contributed by atoms with E-state index in [1.54, 1.807) is 35.0 Å². The molecule has 0 aliphatic heterocycles. The molecule has 0 bridgehead atoms. The molecule has 0 saturated carbocycles. The van der Waals surface area contributed by atoms with E-state index >= 15 is 0 Å². The number of phenols is 1. The largest absolute Gasteiger partial charge is 0.504 e. The van der Waals surface area contributed by atoms with Crippen molar-refractivity contribution in [2.75, 3.05) is 7.11 Å². The minimum atomic E-state index is -3.83. The smallest absolute Gasteiger partial charge is 0.291 e. The second-order valence-electron chi connectivity index (χ2n) is 6.97. The number of primary sulfonamides is 1. The molecule has 4 aromatic rings. The Morgan fingerprint density at radius 2 is 1.97 bits per heavy atom. The average molecular weight is 498 g/mol. The van der Waals surface area contributed by atoms with Crippen LogP contribution in [0.2, 0.25) is 0 Å². The molecule has 12 heteroatoms. The summed E-state index contributed by atoms with van der Waals surface area (Å²) in [5.41, 5.74) is 4.26. The Hall–Kier alpha value is -4.00. The van der Waals surface area contributed by atoms with Crippen LogP contribution in [0.4, 0.5) is 0 Å². The average Bonchev–Trinajstić information content (AvgIpc) is 3.49. The van der Waals surface area contributed by atoms with Crippen LogP contribution in [0, 0.1) is 0 Å². The van der Waals surface area contributed by atoms with Crippen LogP contribution < -0.4 is 15.3 Å². The Bertz CT molecular complexity index is 1460. The van der Waals surface area contributed by atoms with Crippen LogP contribution >= 0.6 is 11.3 Å². The molecule has 0 aliphatic rings. The molecule has 0 saturated heterocycles. The number of carbonyl (C=O) groups excluding carboxylic acids is 1. The summed E-state index contributed by atoms with van der Waals surface area (Å²) in [6, 6.07) is 15.9. The highest BCUT2D eigenvalue weighted by Crippen LogP contribution is 2.28. The SMILES string of the molecule is COc1ccc(/C=N\NC(=O)c2cc(-c3cccs3)n(-c3ccc(S(N)(=O)=O)cc3)n2)cc1O. The van der Waals surface area contributed by atoms with Gasteiger partial charge in [-0.15, -0.1) is 11.3 Å². The van der Waals surface area contributed by atoms with E-state index in [0.29, 0.717) is 22.7 Å². The van der Waals surface area contributed by atoms with E-state index < -0.39 is 15.9 Å². The number of carbonyl (C=O) groups is 1. The number of aromatic hydroxyl groups is 1. The number of sulfonamides is 1. The number of nitrogens with two attached hydrogens (primary N) is 1. The zero-order chi connectivity index (χ0) is 24.3. The van der Waals surface area contributed by atoms with Crippen LogP contribution in [0.15, 0.2) is 76.0 Å². The highest BCUT2D eigenvalue weighted by Gasteiger charge is 2.18. The summed E-state index contributed by atoms with van der Waals surface area (Å²) < 4.78 is 29.6. The van der Waals surface area contributed by atoms with Gasteiger partial charge in [-0.05, 0) is 65.5 Å². The molecule has 0 spiro atoms. The van der Waals surface area contributed by atoms with Gasteiger partial charge in [0.15, 0.2) is 17.2 Å². The molecule has 4 N–H and O–H groups in total. The molecule has 10 nitrogen and oxygen atoms in total. The lowest BCUT2D eigenvalue weighted by atomic mass is 10.2. The minimum Gasteiger partial charge on any atom is -0.504 e. The van der Waals surface area contributed by atoms with Gasteiger partial charge >= 0.3 is 0 Å². The van der Waals surface area contributed by atoms with Crippen LogP contribution in [0.3, 0.4) is 0 Å². The number of hydrazone groups is 1. The van der Waals surface area contributed by atoms with Gasteiger partial charge in [-0.3, -0.25) is 4.79 Å². The van der Waals surface area contributed by atoms with Gasteiger partial charge in [0.25, 0.3) is 5.91 Å². The summed E-state index contributed by atoms with van der Waals surface area (Å²) in [7, 11) is -2.39. The summed E-state index contributed by atoms with van der Waals surface area (Å²) in [5.74, 6) is -0.276. The molecule has 0 radical (unpaired) electrons. The van der Waals surface area contributed by atoms with Gasteiger partial charge in [-0.1, -0.05) is 6.07 Å². The molecule has 34 heavy (non-hydrogen) atoms. The van der Waals surface area contributed by atoms with Gasteiger partial charge in [0.2, 0.25) is 10.0 Å². The third-order valence-corrected chi connectivity index (χ3v) is 6.53. The number of phenolic OH excluding ortho intramolecular Hbond substituents is 1. The fourth-order valence-electron chi connectivity index (χ4n) is 3.08. The first kappa shape index (κ1) is 23.2. The molecule has 0 unspecified atom stereocenters. The Morgan fingerprint density at radius 1 is 1.21 bits per heavy atom.